The van der Waals surface area contributed by atoms with Gasteiger partial charge in [-0.25, -0.2) is 4.79 Å². The molecule has 0 spiro atoms. The van der Waals surface area contributed by atoms with Crippen LogP contribution in [0.2, 0.25) is 25.7 Å². The van der Waals surface area contributed by atoms with Crippen molar-refractivity contribution in [3.8, 4) is 0 Å². The number of carbonyl (C=O) groups excluding carboxylic acids is 1. The van der Waals surface area contributed by atoms with E-state index in [0.29, 0.717) is 13.0 Å². The van der Waals surface area contributed by atoms with Crippen LogP contribution in [0.5, 0.6) is 0 Å². The van der Waals surface area contributed by atoms with Gasteiger partial charge in [-0.2, -0.15) is 5.10 Å². The zero-order valence-electron chi connectivity index (χ0n) is 16.0. The van der Waals surface area contributed by atoms with Crippen molar-refractivity contribution in [1.29, 1.82) is 0 Å². The van der Waals surface area contributed by atoms with Crippen LogP contribution < -0.4 is 5.32 Å². The minimum absolute atomic E-state index is 0.430. The Kier molecular flexibility index (Phi) is 8.07. The normalized spacial score (nSPS) is 14.2. The highest BCUT2D eigenvalue weighted by atomic mass is 79.9. The predicted molar refractivity (Wildman–Crippen MR) is 109 cm³/mol. The number of nitrogens with one attached hydrogen (secondary N) is 1. The highest BCUT2D eigenvalue weighted by molar-refractivity contribution is 9.10. The molecular weight excluding hydrogens is 400 g/mol. The van der Waals surface area contributed by atoms with Gasteiger partial charge < -0.3 is 15.1 Å². The van der Waals surface area contributed by atoms with E-state index in [-0.39, 0.29) is 0 Å². The van der Waals surface area contributed by atoms with Crippen molar-refractivity contribution in [3.05, 3.63) is 28.5 Å². The fraction of sp³-hybridized carbons (Fsp3) is 0.588. The molecule has 0 radical (unpaired) electrons. The summed E-state index contributed by atoms with van der Waals surface area (Å²) in [7, 11) is 2.46. The first-order valence-corrected chi connectivity index (χ1v) is 12.8. The van der Waals surface area contributed by atoms with E-state index in [0.717, 1.165) is 16.2 Å². The largest absolute Gasteiger partial charge is 0.450 e. The number of aromatic nitrogens is 1. The molecule has 1 N–H and O–H groups in total. The summed E-state index contributed by atoms with van der Waals surface area (Å²) in [5.74, 6) is 0. The lowest BCUT2D eigenvalue weighted by molar-refractivity contribution is 0.139. The van der Waals surface area contributed by atoms with Crippen molar-refractivity contribution >= 4 is 36.3 Å². The third-order valence-corrected chi connectivity index (χ3v) is 5.76. The predicted octanol–water partition coefficient (Wildman–Crippen LogP) is 4.06. The molecule has 0 saturated carbocycles. The van der Waals surface area contributed by atoms with Crippen molar-refractivity contribution in [2.45, 2.75) is 44.6 Å². The van der Waals surface area contributed by atoms with Crippen LogP contribution in [0.3, 0.4) is 0 Å². The molecule has 0 unspecified atom stereocenters. The molecule has 0 aliphatic carbocycles. The molecule has 0 fully saturated rings. The van der Waals surface area contributed by atoms with E-state index in [1.165, 1.54) is 0 Å². The number of ether oxygens (including phenoxy) is 1. The monoisotopic (exact) mass is 428 g/mol. The van der Waals surface area contributed by atoms with Gasteiger partial charge in [0, 0.05) is 45.5 Å². The molecule has 1 heterocycles. The number of hydrogen-bond acceptors (Lipinski definition) is 5. The van der Waals surface area contributed by atoms with Gasteiger partial charge in [-0.05, 0) is 25.1 Å². The molecule has 0 saturated heterocycles. The Morgan fingerprint density at radius 1 is 1.48 bits per heavy atom. The van der Waals surface area contributed by atoms with Gasteiger partial charge in [0.25, 0.3) is 0 Å². The summed E-state index contributed by atoms with van der Waals surface area (Å²) in [4.78, 5) is 16.7. The fourth-order valence-corrected chi connectivity index (χ4v) is 3.07. The molecule has 25 heavy (non-hydrogen) atoms. The zero-order chi connectivity index (χ0) is 19.1. The maximum Gasteiger partial charge on any atom is 0.407 e. The van der Waals surface area contributed by atoms with Crippen molar-refractivity contribution in [2.24, 2.45) is 5.10 Å². The highest BCUT2D eigenvalue weighted by Crippen LogP contribution is 2.25. The number of pyridine rings is 1. The SMILES string of the molecule is CN(C)N=CC[C@](C)(NC(=O)OCC[Si](C)(C)C)c1cc(Br)ccn1. The number of nitrogens with zero attached hydrogens (tertiary/aromatic N) is 3. The van der Waals surface area contributed by atoms with Crippen molar-refractivity contribution < 1.29 is 9.53 Å². The second-order valence-corrected chi connectivity index (χ2v) is 14.1. The van der Waals surface area contributed by atoms with E-state index >= 15 is 0 Å². The molecule has 8 heteroatoms. The Hall–Kier alpha value is -1.41. The summed E-state index contributed by atoms with van der Waals surface area (Å²) in [5, 5.41) is 8.91. The molecule has 6 nitrogen and oxygen atoms in total. The van der Waals surface area contributed by atoms with E-state index in [2.05, 4.69) is 51.0 Å². The van der Waals surface area contributed by atoms with Crippen LogP contribution in [0.15, 0.2) is 27.9 Å². The van der Waals surface area contributed by atoms with Crippen LogP contribution in [0.1, 0.15) is 19.0 Å². The van der Waals surface area contributed by atoms with Gasteiger partial charge >= 0.3 is 6.09 Å². The maximum absolute atomic E-state index is 12.3. The minimum atomic E-state index is -1.24. The molecule has 1 aromatic heterocycles. The van der Waals surface area contributed by atoms with E-state index in [4.69, 9.17) is 4.74 Å². The number of hydrazone groups is 1. The maximum atomic E-state index is 12.3. The van der Waals surface area contributed by atoms with Gasteiger partial charge in [0.05, 0.1) is 17.8 Å². The van der Waals surface area contributed by atoms with E-state index < -0.39 is 19.7 Å². The Bertz CT molecular complexity index is 605. The van der Waals surface area contributed by atoms with Crippen molar-refractivity contribution in [2.75, 3.05) is 20.7 Å². The van der Waals surface area contributed by atoms with Crippen molar-refractivity contribution in [1.82, 2.24) is 15.3 Å². The van der Waals surface area contributed by atoms with Crippen LogP contribution >= 0.6 is 15.9 Å². The summed E-state index contributed by atoms with van der Waals surface area (Å²) >= 11 is 3.45. The third-order valence-electron chi connectivity index (χ3n) is 3.56. The first kappa shape index (κ1) is 21.6. The van der Waals surface area contributed by atoms with Gasteiger partial charge in [0.2, 0.25) is 0 Å². The zero-order valence-corrected chi connectivity index (χ0v) is 18.6. The molecule has 0 aromatic carbocycles. The van der Waals surface area contributed by atoms with Crippen LogP contribution in [0, 0.1) is 0 Å². The second-order valence-electron chi connectivity index (χ2n) is 7.61. The number of rotatable bonds is 8. The van der Waals surface area contributed by atoms with Gasteiger partial charge in [0.1, 0.15) is 0 Å². The Morgan fingerprint density at radius 2 is 2.16 bits per heavy atom. The Morgan fingerprint density at radius 3 is 2.72 bits per heavy atom. The van der Waals surface area contributed by atoms with Gasteiger partial charge in [-0.3, -0.25) is 4.98 Å². The average Bonchev–Trinajstić information content (AvgIpc) is 2.45. The smallest absolute Gasteiger partial charge is 0.407 e. The number of hydrogen-bond donors (Lipinski definition) is 1. The molecule has 1 atom stereocenters. The topological polar surface area (TPSA) is 66.8 Å². The molecule has 0 aliphatic rings. The summed E-state index contributed by atoms with van der Waals surface area (Å²) < 4.78 is 6.29. The number of carbonyl (C=O) groups is 1. The van der Waals surface area contributed by atoms with Gasteiger partial charge in [0.15, 0.2) is 0 Å². The standard InChI is InChI=1S/C17H29BrN4O2Si/c1-17(8-10-20-22(2)3,15-13-14(18)7-9-19-15)21-16(23)24-11-12-25(4,5)6/h7,9-10,13H,8,11-12H2,1-6H3,(H,21,23)/t17-/m0/s1. The highest BCUT2D eigenvalue weighted by Gasteiger charge is 2.30. The lowest BCUT2D eigenvalue weighted by Gasteiger charge is -2.29. The first-order valence-electron chi connectivity index (χ1n) is 8.29. The summed E-state index contributed by atoms with van der Waals surface area (Å²) in [5.41, 5.74) is 0.0359. The quantitative estimate of drug-likeness (QED) is 0.385. The van der Waals surface area contributed by atoms with Gasteiger partial charge in [-0.15, -0.1) is 0 Å². The van der Waals surface area contributed by atoms with Crippen LogP contribution in [0.4, 0.5) is 4.79 Å². The fourth-order valence-electron chi connectivity index (χ4n) is 2.02. The van der Waals surface area contributed by atoms with Gasteiger partial charge in [-0.1, -0.05) is 35.6 Å². The third kappa shape index (κ3) is 8.49. The average molecular weight is 429 g/mol. The van der Waals surface area contributed by atoms with Crippen LogP contribution in [-0.4, -0.2) is 51.1 Å². The molecule has 140 valence electrons. The lowest BCUT2D eigenvalue weighted by Crippen LogP contribution is -2.45. The summed E-state index contributed by atoms with van der Waals surface area (Å²) in [6.45, 7) is 9.11. The van der Waals surface area contributed by atoms with E-state index in [9.17, 15) is 4.79 Å². The molecule has 0 bridgehead atoms. The number of halogens is 1. The first-order chi connectivity index (χ1) is 11.5. The molecule has 1 amide bonds. The Balaban J connectivity index is 2.85. The summed E-state index contributed by atoms with van der Waals surface area (Å²) in [6.07, 6.45) is 3.54. The number of alkyl carbamates (subject to hydrolysis) is 1. The molecule has 0 aliphatic heterocycles. The second kappa shape index (κ2) is 9.33. The molecule has 1 aromatic rings. The minimum Gasteiger partial charge on any atom is -0.450 e. The Labute approximate surface area is 160 Å². The molecular formula is C17H29BrN4O2Si. The van der Waals surface area contributed by atoms with Crippen LogP contribution in [-0.2, 0) is 10.3 Å². The van der Waals surface area contributed by atoms with Crippen molar-refractivity contribution in [3.63, 3.8) is 0 Å². The number of amides is 1. The lowest BCUT2D eigenvalue weighted by atomic mass is 9.93. The molecule has 1 rings (SSSR count). The van der Waals surface area contributed by atoms with Crippen LogP contribution in [0.25, 0.3) is 0 Å². The summed E-state index contributed by atoms with van der Waals surface area (Å²) in [6, 6.07) is 4.68. The van der Waals surface area contributed by atoms with E-state index in [1.54, 1.807) is 17.4 Å². The van der Waals surface area contributed by atoms with E-state index in [1.807, 2.05) is 33.2 Å².